The van der Waals surface area contributed by atoms with E-state index in [9.17, 15) is 0 Å². The molecule has 1 saturated heterocycles. The summed E-state index contributed by atoms with van der Waals surface area (Å²) in [6.07, 6.45) is 8.47. The summed E-state index contributed by atoms with van der Waals surface area (Å²) in [6, 6.07) is 1.24. The van der Waals surface area contributed by atoms with Gasteiger partial charge in [0.25, 0.3) is 0 Å². The zero-order valence-electron chi connectivity index (χ0n) is 16.3. The van der Waals surface area contributed by atoms with Gasteiger partial charge < -0.3 is 20.9 Å². The third-order valence-corrected chi connectivity index (χ3v) is 6.51. The number of anilines is 2. The number of aromatic nitrogens is 4. The Balaban J connectivity index is 0.00000140. The standard InChI is InChI=1S/C18H29N7S.2ClH/c1-2-8-20-16-15-17(25(11-21-15)14-7-9-26-10-14)24-18(23-16)22-13-5-3-12(19)4-6-13;;/h11-14H,2-10,19H2,1H3,(H2,20,22,23,24);2*1H. The van der Waals surface area contributed by atoms with Crippen molar-refractivity contribution in [2.45, 2.75) is 63.6 Å². The summed E-state index contributed by atoms with van der Waals surface area (Å²) in [5.74, 6) is 3.90. The van der Waals surface area contributed by atoms with Crippen LogP contribution in [0.1, 0.15) is 51.5 Å². The van der Waals surface area contributed by atoms with Gasteiger partial charge in [0.05, 0.1) is 6.33 Å². The van der Waals surface area contributed by atoms with Crippen LogP contribution in [-0.2, 0) is 0 Å². The molecule has 4 N–H and O–H groups in total. The Hall–Kier alpha value is -0.960. The van der Waals surface area contributed by atoms with Crippen LogP contribution < -0.4 is 16.4 Å². The van der Waals surface area contributed by atoms with Gasteiger partial charge in [-0.3, -0.25) is 0 Å². The molecular formula is C18H31Cl2N7S. The second-order valence-corrected chi connectivity index (χ2v) is 8.57. The summed E-state index contributed by atoms with van der Waals surface area (Å²) < 4.78 is 2.25. The molecule has 1 unspecified atom stereocenters. The van der Waals surface area contributed by atoms with E-state index >= 15 is 0 Å². The number of hydrogen-bond acceptors (Lipinski definition) is 7. The summed E-state index contributed by atoms with van der Waals surface area (Å²) in [4.78, 5) is 14.2. The zero-order chi connectivity index (χ0) is 17.9. The van der Waals surface area contributed by atoms with Crippen LogP contribution in [0.2, 0.25) is 0 Å². The van der Waals surface area contributed by atoms with Gasteiger partial charge in [-0.2, -0.15) is 21.7 Å². The first-order chi connectivity index (χ1) is 12.7. The average Bonchev–Trinajstić information content (AvgIpc) is 3.31. The lowest BCUT2D eigenvalue weighted by molar-refractivity contribution is 0.410. The Morgan fingerprint density at radius 1 is 1.18 bits per heavy atom. The van der Waals surface area contributed by atoms with Crippen LogP contribution in [0.3, 0.4) is 0 Å². The minimum Gasteiger partial charge on any atom is -0.368 e. The first-order valence-electron chi connectivity index (χ1n) is 9.83. The molecule has 7 nitrogen and oxygen atoms in total. The van der Waals surface area contributed by atoms with Crippen LogP contribution in [0.25, 0.3) is 11.2 Å². The molecular weight excluding hydrogens is 417 g/mol. The van der Waals surface area contributed by atoms with Crippen LogP contribution in [-0.4, -0.2) is 49.7 Å². The smallest absolute Gasteiger partial charge is 0.227 e. The molecule has 0 radical (unpaired) electrons. The van der Waals surface area contributed by atoms with Crippen molar-refractivity contribution in [3.63, 3.8) is 0 Å². The maximum Gasteiger partial charge on any atom is 0.227 e. The Kier molecular flexibility index (Phi) is 8.92. The van der Waals surface area contributed by atoms with Crippen molar-refractivity contribution in [3.05, 3.63) is 6.33 Å². The Labute approximate surface area is 183 Å². The van der Waals surface area contributed by atoms with Gasteiger partial charge in [-0.05, 0) is 44.3 Å². The van der Waals surface area contributed by atoms with E-state index in [1.807, 2.05) is 18.1 Å². The molecule has 1 saturated carbocycles. The molecule has 0 aromatic carbocycles. The number of imidazole rings is 1. The van der Waals surface area contributed by atoms with E-state index in [-0.39, 0.29) is 24.8 Å². The van der Waals surface area contributed by atoms with Crippen molar-refractivity contribution in [1.82, 2.24) is 19.5 Å². The van der Waals surface area contributed by atoms with E-state index in [1.54, 1.807) is 0 Å². The van der Waals surface area contributed by atoms with Crippen LogP contribution in [0.4, 0.5) is 11.8 Å². The van der Waals surface area contributed by atoms with E-state index in [0.29, 0.717) is 24.1 Å². The summed E-state index contributed by atoms with van der Waals surface area (Å²) in [5.41, 5.74) is 7.86. The summed E-state index contributed by atoms with van der Waals surface area (Å²) in [5, 5.41) is 6.99. The lowest BCUT2D eigenvalue weighted by Gasteiger charge is -2.27. The first kappa shape index (κ1) is 23.3. The quantitative estimate of drug-likeness (QED) is 0.618. The van der Waals surface area contributed by atoms with Gasteiger partial charge >= 0.3 is 0 Å². The lowest BCUT2D eigenvalue weighted by atomic mass is 9.92. The molecule has 1 aliphatic heterocycles. The van der Waals surface area contributed by atoms with Crippen molar-refractivity contribution in [2.24, 2.45) is 5.73 Å². The predicted octanol–water partition coefficient (Wildman–Crippen LogP) is 3.85. The van der Waals surface area contributed by atoms with E-state index in [1.165, 1.54) is 12.2 Å². The van der Waals surface area contributed by atoms with Crippen molar-refractivity contribution in [1.29, 1.82) is 0 Å². The normalized spacial score (nSPS) is 24.4. The highest BCUT2D eigenvalue weighted by Gasteiger charge is 2.23. The highest BCUT2D eigenvalue weighted by Crippen LogP contribution is 2.32. The summed E-state index contributed by atoms with van der Waals surface area (Å²) in [7, 11) is 0. The van der Waals surface area contributed by atoms with Gasteiger partial charge in [0.2, 0.25) is 5.95 Å². The Morgan fingerprint density at radius 2 is 1.96 bits per heavy atom. The Bertz CT molecular complexity index is 743. The number of hydrogen-bond donors (Lipinski definition) is 3. The van der Waals surface area contributed by atoms with E-state index in [2.05, 4.69) is 27.1 Å². The molecule has 0 amide bonds. The molecule has 0 spiro atoms. The van der Waals surface area contributed by atoms with E-state index in [4.69, 9.17) is 15.7 Å². The number of nitrogens with zero attached hydrogens (tertiary/aromatic N) is 4. The van der Waals surface area contributed by atoms with E-state index in [0.717, 1.165) is 61.4 Å². The number of halogens is 2. The minimum absolute atomic E-state index is 0. The van der Waals surface area contributed by atoms with Crippen molar-refractivity contribution >= 4 is 59.5 Å². The molecule has 3 heterocycles. The molecule has 2 fully saturated rings. The fourth-order valence-corrected chi connectivity index (χ4v) is 5.01. The number of nitrogens with one attached hydrogen (secondary N) is 2. The molecule has 2 aliphatic rings. The van der Waals surface area contributed by atoms with Crippen molar-refractivity contribution in [3.8, 4) is 0 Å². The number of fused-ring (bicyclic) bond motifs is 1. The largest absolute Gasteiger partial charge is 0.368 e. The maximum absolute atomic E-state index is 6.04. The average molecular weight is 448 g/mol. The summed E-state index contributed by atoms with van der Waals surface area (Å²) >= 11 is 2.00. The number of nitrogens with two attached hydrogens (primary N) is 1. The van der Waals surface area contributed by atoms with Gasteiger partial charge in [-0.15, -0.1) is 24.8 Å². The van der Waals surface area contributed by atoms with Gasteiger partial charge in [0.15, 0.2) is 17.0 Å². The van der Waals surface area contributed by atoms with Crippen molar-refractivity contribution < 1.29 is 0 Å². The SMILES string of the molecule is CCCNc1nc(NC2CCC(N)CC2)nc2c1ncn2C1CCSC1.Cl.Cl. The second kappa shape index (κ2) is 10.7. The highest BCUT2D eigenvalue weighted by molar-refractivity contribution is 7.99. The minimum atomic E-state index is 0. The van der Waals surface area contributed by atoms with Gasteiger partial charge in [0, 0.05) is 30.4 Å². The summed E-state index contributed by atoms with van der Waals surface area (Å²) in [6.45, 7) is 3.04. The molecule has 0 bridgehead atoms. The monoisotopic (exact) mass is 447 g/mol. The Morgan fingerprint density at radius 3 is 2.64 bits per heavy atom. The fraction of sp³-hybridized carbons (Fsp3) is 0.722. The molecule has 28 heavy (non-hydrogen) atoms. The second-order valence-electron chi connectivity index (χ2n) is 7.42. The van der Waals surface area contributed by atoms with Crippen LogP contribution in [0.5, 0.6) is 0 Å². The molecule has 2 aromatic rings. The highest BCUT2D eigenvalue weighted by atomic mass is 35.5. The molecule has 1 atom stereocenters. The number of thioether (sulfide) groups is 1. The van der Waals surface area contributed by atoms with Crippen LogP contribution in [0, 0.1) is 0 Å². The van der Waals surface area contributed by atoms with E-state index < -0.39 is 0 Å². The topological polar surface area (TPSA) is 93.7 Å². The third-order valence-electron chi connectivity index (χ3n) is 5.37. The number of rotatable bonds is 6. The van der Waals surface area contributed by atoms with Crippen LogP contribution in [0.15, 0.2) is 6.33 Å². The van der Waals surface area contributed by atoms with Gasteiger partial charge in [0.1, 0.15) is 0 Å². The third kappa shape index (κ3) is 5.14. The van der Waals surface area contributed by atoms with Gasteiger partial charge in [-0.25, -0.2) is 4.98 Å². The molecule has 1 aliphatic carbocycles. The molecule has 10 heteroatoms. The zero-order valence-corrected chi connectivity index (χ0v) is 18.7. The predicted molar refractivity (Wildman–Crippen MR) is 123 cm³/mol. The molecule has 4 rings (SSSR count). The fourth-order valence-electron chi connectivity index (χ4n) is 3.80. The molecule has 158 valence electrons. The maximum atomic E-state index is 6.04. The van der Waals surface area contributed by atoms with Crippen LogP contribution >= 0.6 is 36.6 Å². The molecule has 2 aromatic heterocycles. The first-order valence-corrected chi connectivity index (χ1v) is 11.0. The van der Waals surface area contributed by atoms with Crippen molar-refractivity contribution in [2.75, 3.05) is 28.7 Å². The van der Waals surface area contributed by atoms with Gasteiger partial charge in [-0.1, -0.05) is 6.92 Å². The lowest BCUT2D eigenvalue weighted by Crippen LogP contribution is -2.33.